The largest absolute Gasteiger partial charge is 0.383 e. The second-order valence-electron chi connectivity index (χ2n) is 3.20. The van der Waals surface area contributed by atoms with E-state index in [1.54, 1.807) is 31.9 Å². The summed E-state index contributed by atoms with van der Waals surface area (Å²) in [7, 11) is 1.67. The molecule has 0 aliphatic rings. The van der Waals surface area contributed by atoms with Crippen molar-refractivity contribution in [2.45, 2.75) is 6.54 Å². The van der Waals surface area contributed by atoms with Crippen molar-refractivity contribution in [2.75, 3.05) is 19.0 Å². The predicted molar refractivity (Wildman–Crippen MR) is 59.4 cm³/mol. The number of aromatic nitrogens is 4. The van der Waals surface area contributed by atoms with Crippen LogP contribution in [0.1, 0.15) is 0 Å². The average Bonchev–Trinajstić information content (AvgIpc) is 2.75. The SMILES string of the molecule is COCCn1cc(Nc2cnccn2)cn1. The van der Waals surface area contributed by atoms with E-state index >= 15 is 0 Å². The van der Waals surface area contributed by atoms with Gasteiger partial charge in [-0.25, -0.2) is 4.98 Å². The Hall–Kier alpha value is -1.95. The maximum absolute atomic E-state index is 4.97. The second-order valence-corrected chi connectivity index (χ2v) is 3.20. The molecule has 2 heterocycles. The fourth-order valence-corrected chi connectivity index (χ4v) is 1.25. The van der Waals surface area contributed by atoms with E-state index in [9.17, 15) is 0 Å². The Kier molecular flexibility index (Phi) is 3.45. The Morgan fingerprint density at radius 3 is 3.06 bits per heavy atom. The average molecular weight is 219 g/mol. The number of nitrogens with zero attached hydrogens (tertiary/aromatic N) is 4. The maximum atomic E-state index is 4.97. The number of methoxy groups -OCH3 is 1. The van der Waals surface area contributed by atoms with Crippen molar-refractivity contribution in [1.82, 2.24) is 19.7 Å². The van der Waals surface area contributed by atoms with Gasteiger partial charge in [-0.05, 0) is 0 Å². The molecule has 0 fully saturated rings. The molecule has 0 bridgehead atoms. The molecule has 16 heavy (non-hydrogen) atoms. The van der Waals surface area contributed by atoms with Gasteiger partial charge < -0.3 is 10.1 Å². The highest BCUT2D eigenvalue weighted by Crippen LogP contribution is 2.11. The normalized spacial score (nSPS) is 10.3. The molecule has 0 saturated heterocycles. The molecule has 0 unspecified atom stereocenters. The molecule has 6 heteroatoms. The maximum Gasteiger partial charge on any atom is 0.148 e. The van der Waals surface area contributed by atoms with Gasteiger partial charge in [0.1, 0.15) is 5.82 Å². The molecule has 84 valence electrons. The highest BCUT2D eigenvalue weighted by atomic mass is 16.5. The molecule has 0 radical (unpaired) electrons. The van der Waals surface area contributed by atoms with Crippen LogP contribution in [0.25, 0.3) is 0 Å². The van der Waals surface area contributed by atoms with E-state index in [2.05, 4.69) is 20.4 Å². The molecule has 0 spiro atoms. The van der Waals surface area contributed by atoms with E-state index in [0.717, 1.165) is 12.2 Å². The van der Waals surface area contributed by atoms with Crippen molar-refractivity contribution >= 4 is 11.5 Å². The van der Waals surface area contributed by atoms with E-state index < -0.39 is 0 Å². The van der Waals surface area contributed by atoms with Crippen LogP contribution in [0.5, 0.6) is 0 Å². The first-order valence-corrected chi connectivity index (χ1v) is 4.93. The number of hydrogen-bond donors (Lipinski definition) is 1. The standard InChI is InChI=1S/C10H13N5O/c1-16-5-4-15-8-9(6-13-15)14-10-7-11-2-3-12-10/h2-3,6-8H,4-5H2,1H3,(H,12,14). The van der Waals surface area contributed by atoms with Gasteiger partial charge in [-0.2, -0.15) is 5.10 Å². The van der Waals surface area contributed by atoms with Crippen molar-refractivity contribution in [2.24, 2.45) is 0 Å². The third-order valence-electron chi connectivity index (χ3n) is 1.99. The van der Waals surface area contributed by atoms with Gasteiger partial charge in [0.2, 0.25) is 0 Å². The van der Waals surface area contributed by atoms with Crippen LogP contribution in [0.4, 0.5) is 11.5 Å². The number of hydrogen-bond acceptors (Lipinski definition) is 5. The Morgan fingerprint density at radius 2 is 2.31 bits per heavy atom. The van der Waals surface area contributed by atoms with Gasteiger partial charge in [0.15, 0.2) is 0 Å². The van der Waals surface area contributed by atoms with E-state index in [4.69, 9.17) is 4.74 Å². The lowest BCUT2D eigenvalue weighted by molar-refractivity contribution is 0.183. The molecule has 2 rings (SSSR count). The molecule has 6 nitrogen and oxygen atoms in total. The summed E-state index contributed by atoms with van der Waals surface area (Å²) in [6, 6.07) is 0. The van der Waals surface area contributed by atoms with Crippen LogP contribution in [0.2, 0.25) is 0 Å². The Morgan fingerprint density at radius 1 is 1.38 bits per heavy atom. The lowest BCUT2D eigenvalue weighted by Gasteiger charge is -2.00. The van der Waals surface area contributed by atoms with Crippen LogP contribution in [-0.4, -0.2) is 33.5 Å². The fourth-order valence-electron chi connectivity index (χ4n) is 1.25. The van der Waals surface area contributed by atoms with Crippen molar-refractivity contribution in [3.63, 3.8) is 0 Å². The van der Waals surface area contributed by atoms with E-state index in [-0.39, 0.29) is 0 Å². The van der Waals surface area contributed by atoms with Crippen molar-refractivity contribution in [3.05, 3.63) is 31.0 Å². The van der Waals surface area contributed by atoms with Gasteiger partial charge >= 0.3 is 0 Å². The zero-order valence-corrected chi connectivity index (χ0v) is 9.00. The summed E-state index contributed by atoms with van der Waals surface area (Å²) < 4.78 is 6.78. The lowest BCUT2D eigenvalue weighted by atomic mass is 10.5. The number of anilines is 2. The summed E-state index contributed by atoms with van der Waals surface area (Å²) >= 11 is 0. The Balaban J connectivity index is 1.97. The molecule has 0 aliphatic heterocycles. The van der Waals surface area contributed by atoms with Crippen LogP contribution < -0.4 is 5.32 Å². The van der Waals surface area contributed by atoms with Crippen LogP contribution in [0.15, 0.2) is 31.0 Å². The van der Waals surface area contributed by atoms with Gasteiger partial charge in [0.25, 0.3) is 0 Å². The first kappa shape index (κ1) is 10.6. The topological polar surface area (TPSA) is 64.9 Å². The zero-order valence-electron chi connectivity index (χ0n) is 9.00. The fraction of sp³-hybridized carbons (Fsp3) is 0.300. The minimum atomic E-state index is 0.645. The molecule has 2 aromatic heterocycles. The number of ether oxygens (including phenoxy) is 1. The van der Waals surface area contributed by atoms with Crippen LogP contribution in [-0.2, 0) is 11.3 Å². The first-order chi connectivity index (χ1) is 7.88. The van der Waals surface area contributed by atoms with E-state index in [1.165, 1.54) is 0 Å². The summed E-state index contributed by atoms with van der Waals surface area (Å²) in [5.74, 6) is 0.703. The van der Waals surface area contributed by atoms with E-state index in [1.807, 2.05) is 10.9 Å². The van der Waals surface area contributed by atoms with Crippen molar-refractivity contribution < 1.29 is 4.74 Å². The summed E-state index contributed by atoms with van der Waals surface area (Å²) in [4.78, 5) is 8.08. The van der Waals surface area contributed by atoms with Crippen molar-refractivity contribution in [1.29, 1.82) is 0 Å². The summed E-state index contributed by atoms with van der Waals surface area (Å²) in [6.45, 7) is 1.38. The monoisotopic (exact) mass is 219 g/mol. The Labute approximate surface area is 93.3 Å². The number of rotatable bonds is 5. The highest BCUT2D eigenvalue weighted by molar-refractivity contribution is 5.52. The molecule has 0 aromatic carbocycles. The van der Waals surface area contributed by atoms with Gasteiger partial charge in [-0.1, -0.05) is 0 Å². The molecule has 2 aromatic rings. The van der Waals surface area contributed by atoms with Crippen molar-refractivity contribution in [3.8, 4) is 0 Å². The Bertz CT molecular complexity index is 428. The molecule has 0 atom stereocenters. The van der Waals surface area contributed by atoms with Crippen LogP contribution in [0, 0.1) is 0 Å². The second kappa shape index (κ2) is 5.22. The van der Waals surface area contributed by atoms with E-state index in [0.29, 0.717) is 12.4 Å². The predicted octanol–water partition coefficient (Wildman–Crippen LogP) is 1.06. The minimum absolute atomic E-state index is 0.645. The summed E-state index contributed by atoms with van der Waals surface area (Å²) in [6.07, 6.45) is 8.56. The molecule has 0 amide bonds. The van der Waals surface area contributed by atoms with Gasteiger partial charge in [-0.15, -0.1) is 0 Å². The smallest absolute Gasteiger partial charge is 0.148 e. The molecule has 0 saturated carbocycles. The summed E-state index contributed by atoms with van der Waals surface area (Å²) in [5, 5.41) is 7.28. The first-order valence-electron chi connectivity index (χ1n) is 4.93. The minimum Gasteiger partial charge on any atom is -0.383 e. The third kappa shape index (κ3) is 2.77. The zero-order chi connectivity index (χ0) is 11.2. The highest BCUT2D eigenvalue weighted by Gasteiger charge is 1.99. The molecule has 1 N–H and O–H groups in total. The van der Waals surface area contributed by atoms with Crippen LogP contribution >= 0.6 is 0 Å². The van der Waals surface area contributed by atoms with Gasteiger partial charge in [0, 0.05) is 25.7 Å². The van der Waals surface area contributed by atoms with Gasteiger partial charge in [0.05, 0.1) is 31.2 Å². The number of nitrogens with one attached hydrogen (secondary N) is 1. The lowest BCUT2D eigenvalue weighted by Crippen LogP contribution is -2.03. The molecular formula is C10H13N5O. The third-order valence-corrected chi connectivity index (χ3v) is 1.99. The molecule has 0 aliphatic carbocycles. The van der Waals surface area contributed by atoms with Crippen LogP contribution in [0.3, 0.4) is 0 Å². The quantitative estimate of drug-likeness (QED) is 0.814. The summed E-state index contributed by atoms with van der Waals surface area (Å²) in [5.41, 5.74) is 0.886. The molecular weight excluding hydrogens is 206 g/mol. The van der Waals surface area contributed by atoms with Gasteiger partial charge in [-0.3, -0.25) is 9.67 Å².